The molecule has 14 heavy (non-hydrogen) atoms. The molecule has 1 aliphatic heterocycles. The molecule has 0 saturated carbocycles. The van der Waals surface area contributed by atoms with Crippen molar-refractivity contribution in [1.29, 1.82) is 0 Å². The van der Waals surface area contributed by atoms with Crippen molar-refractivity contribution in [3.63, 3.8) is 0 Å². The van der Waals surface area contributed by atoms with Crippen molar-refractivity contribution < 1.29 is 14.3 Å². The molecule has 0 amide bonds. The number of Topliss-reactive ketones (excluding diaryl/α,β-unsaturated/α-hetero) is 1. The van der Waals surface area contributed by atoms with E-state index in [1.54, 1.807) is 20.3 Å². The SMILES string of the molecule is COCC(C)C1OC=C(C)C(=O)C1C. The minimum Gasteiger partial charge on any atom is -0.497 e. The third kappa shape index (κ3) is 2.15. The molecule has 0 aliphatic carbocycles. The van der Waals surface area contributed by atoms with Crippen molar-refractivity contribution in [3.05, 3.63) is 11.8 Å². The first kappa shape index (κ1) is 11.2. The number of hydrogen-bond donors (Lipinski definition) is 0. The first-order chi connectivity index (χ1) is 6.57. The van der Waals surface area contributed by atoms with Gasteiger partial charge in [0, 0.05) is 18.6 Å². The van der Waals surface area contributed by atoms with Crippen LogP contribution in [-0.2, 0) is 14.3 Å². The van der Waals surface area contributed by atoms with Crippen LogP contribution in [0.4, 0.5) is 0 Å². The first-order valence-corrected chi connectivity index (χ1v) is 4.93. The Kier molecular flexibility index (Phi) is 3.69. The number of ketones is 1. The highest BCUT2D eigenvalue weighted by Gasteiger charge is 2.33. The normalized spacial score (nSPS) is 29.4. The highest BCUT2D eigenvalue weighted by molar-refractivity contribution is 5.97. The summed E-state index contributed by atoms with van der Waals surface area (Å²) in [5, 5.41) is 0. The summed E-state index contributed by atoms with van der Waals surface area (Å²) in [6, 6.07) is 0. The molecule has 3 unspecified atom stereocenters. The minimum atomic E-state index is -0.0647. The number of carbonyl (C=O) groups is 1. The fraction of sp³-hybridized carbons (Fsp3) is 0.727. The van der Waals surface area contributed by atoms with E-state index in [1.165, 1.54) is 0 Å². The summed E-state index contributed by atoms with van der Waals surface area (Å²) in [6.45, 7) is 6.35. The van der Waals surface area contributed by atoms with Crippen LogP contribution in [0.15, 0.2) is 11.8 Å². The lowest BCUT2D eigenvalue weighted by Gasteiger charge is -2.31. The molecule has 1 heterocycles. The second-order valence-corrected chi connectivity index (χ2v) is 3.99. The molecule has 1 aliphatic rings. The van der Waals surface area contributed by atoms with Gasteiger partial charge in [-0.15, -0.1) is 0 Å². The molecular weight excluding hydrogens is 180 g/mol. The van der Waals surface area contributed by atoms with Crippen molar-refractivity contribution in [2.75, 3.05) is 13.7 Å². The molecular formula is C11H18O3. The highest BCUT2D eigenvalue weighted by atomic mass is 16.5. The van der Waals surface area contributed by atoms with Crippen LogP contribution in [0.5, 0.6) is 0 Å². The van der Waals surface area contributed by atoms with Crippen LogP contribution in [0, 0.1) is 11.8 Å². The third-order valence-corrected chi connectivity index (χ3v) is 2.69. The van der Waals surface area contributed by atoms with Gasteiger partial charge in [-0.05, 0) is 6.92 Å². The zero-order chi connectivity index (χ0) is 10.7. The maximum absolute atomic E-state index is 11.7. The average Bonchev–Trinajstić information content (AvgIpc) is 2.15. The van der Waals surface area contributed by atoms with Crippen LogP contribution in [-0.4, -0.2) is 25.6 Å². The fourth-order valence-corrected chi connectivity index (χ4v) is 1.85. The van der Waals surface area contributed by atoms with Gasteiger partial charge in [-0.1, -0.05) is 13.8 Å². The number of ether oxygens (including phenoxy) is 2. The Balaban J connectivity index is 2.69. The van der Waals surface area contributed by atoms with Crippen molar-refractivity contribution >= 4 is 5.78 Å². The second-order valence-electron chi connectivity index (χ2n) is 3.99. The molecule has 0 aromatic carbocycles. The summed E-state index contributed by atoms with van der Waals surface area (Å²) >= 11 is 0. The van der Waals surface area contributed by atoms with E-state index in [0.717, 1.165) is 0 Å². The van der Waals surface area contributed by atoms with Gasteiger partial charge in [-0.2, -0.15) is 0 Å². The van der Waals surface area contributed by atoms with Crippen molar-refractivity contribution in [2.24, 2.45) is 11.8 Å². The van der Waals surface area contributed by atoms with E-state index >= 15 is 0 Å². The molecule has 80 valence electrons. The fourth-order valence-electron chi connectivity index (χ4n) is 1.85. The summed E-state index contributed by atoms with van der Waals surface area (Å²) in [6.07, 6.45) is 1.52. The van der Waals surface area contributed by atoms with E-state index in [9.17, 15) is 4.79 Å². The van der Waals surface area contributed by atoms with Crippen molar-refractivity contribution in [1.82, 2.24) is 0 Å². The Hall–Kier alpha value is -0.830. The second kappa shape index (κ2) is 4.60. The molecule has 0 N–H and O–H groups in total. The lowest BCUT2D eigenvalue weighted by atomic mass is 9.86. The van der Waals surface area contributed by atoms with Crippen LogP contribution >= 0.6 is 0 Å². The quantitative estimate of drug-likeness (QED) is 0.693. The first-order valence-electron chi connectivity index (χ1n) is 4.93. The maximum Gasteiger partial charge on any atom is 0.168 e. The summed E-state index contributed by atoms with van der Waals surface area (Å²) < 4.78 is 10.6. The molecule has 0 aromatic rings. The molecule has 0 bridgehead atoms. The van der Waals surface area contributed by atoms with Gasteiger partial charge in [0.1, 0.15) is 6.10 Å². The number of allylic oxidation sites excluding steroid dienone is 1. The Bertz CT molecular complexity index is 245. The molecule has 0 spiro atoms. The van der Waals surface area contributed by atoms with Gasteiger partial charge in [0.25, 0.3) is 0 Å². The lowest BCUT2D eigenvalue weighted by molar-refractivity contribution is -0.126. The van der Waals surface area contributed by atoms with E-state index in [1.807, 2.05) is 13.8 Å². The van der Waals surface area contributed by atoms with Crippen LogP contribution < -0.4 is 0 Å². The van der Waals surface area contributed by atoms with Crippen molar-refractivity contribution in [3.8, 4) is 0 Å². The van der Waals surface area contributed by atoms with Gasteiger partial charge in [0.2, 0.25) is 0 Å². The van der Waals surface area contributed by atoms with E-state index < -0.39 is 0 Å². The monoisotopic (exact) mass is 198 g/mol. The maximum atomic E-state index is 11.7. The predicted octanol–water partition coefficient (Wildman–Crippen LogP) is 1.78. The van der Waals surface area contributed by atoms with Crippen LogP contribution in [0.25, 0.3) is 0 Å². The highest BCUT2D eigenvalue weighted by Crippen LogP contribution is 2.25. The van der Waals surface area contributed by atoms with E-state index in [4.69, 9.17) is 9.47 Å². The smallest absolute Gasteiger partial charge is 0.168 e. The Morgan fingerprint density at radius 2 is 2.29 bits per heavy atom. The molecule has 3 heteroatoms. The number of carbonyl (C=O) groups excluding carboxylic acids is 1. The molecule has 0 radical (unpaired) electrons. The summed E-state index contributed by atoms with van der Waals surface area (Å²) in [7, 11) is 1.66. The Morgan fingerprint density at radius 3 is 2.86 bits per heavy atom. The standard InChI is InChI=1S/C11H18O3/c1-7-6-14-11(8(2)5-13-4)9(3)10(7)12/h6,8-9,11H,5H2,1-4H3. The predicted molar refractivity (Wildman–Crippen MR) is 53.8 cm³/mol. The topological polar surface area (TPSA) is 35.5 Å². The molecule has 0 fully saturated rings. The summed E-state index contributed by atoms with van der Waals surface area (Å²) in [4.78, 5) is 11.7. The molecule has 0 saturated heterocycles. The number of hydrogen-bond acceptors (Lipinski definition) is 3. The summed E-state index contributed by atoms with van der Waals surface area (Å²) in [5.74, 6) is 0.359. The van der Waals surface area contributed by atoms with Crippen LogP contribution in [0.2, 0.25) is 0 Å². The van der Waals surface area contributed by atoms with Gasteiger partial charge in [0.05, 0.1) is 18.8 Å². The minimum absolute atomic E-state index is 0.0499. The number of rotatable bonds is 3. The number of methoxy groups -OCH3 is 1. The molecule has 0 aromatic heterocycles. The van der Waals surface area contributed by atoms with Crippen molar-refractivity contribution in [2.45, 2.75) is 26.9 Å². The lowest BCUT2D eigenvalue weighted by Crippen LogP contribution is -2.38. The van der Waals surface area contributed by atoms with Gasteiger partial charge < -0.3 is 9.47 Å². The Labute approximate surface area is 85.1 Å². The summed E-state index contributed by atoms with van der Waals surface area (Å²) in [5.41, 5.74) is 0.707. The third-order valence-electron chi connectivity index (χ3n) is 2.69. The van der Waals surface area contributed by atoms with Gasteiger partial charge >= 0.3 is 0 Å². The van der Waals surface area contributed by atoms with Crippen LogP contribution in [0.3, 0.4) is 0 Å². The zero-order valence-electron chi connectivity index (χ0n) is 9.24. The molecule has 1 rings (SSSR count). The van der Waals surface area contributed by atoms with Gasteiger partial charge in [-0.3, -0.25) is 4.79 Å². The molecule has 3 atom stereocenters. The largest absolute Gasteiger partial charge is 0.497 e. The molecule has 3 nitrogen and oxygen atoms in total. The van der Waals surface area contributed by atoms with E-state index in [2.05, 4.69) is 0 Å². The van der Waals surface area contributed by atoms with Gasteiger partial charge in [-0.25, -0.2) is 0 Å². The van der Waals surface area contributed by atoms with E-state index in [0.29, 0.717) is 12.2 Å². The Morgan fingerprint density at radius 1 is 1.64 bits per heavy atom. The van der Waals surface area contributed by atoms with Crippen LogP contribution in [0.1, 0.15) is 20.8 Å². The average molecular weight is 198 g/mol. The van der Waals surface area contributed by atoms with Gasteiger partial charge in [0.15, 0.2) is 5.78 Å². The zero-order valence-corrected chi connectivity index (χ0v) is 9.24. The van der Waals surface area contributed by atoms with E-state index in [-0.39, 0.29) is 23.7 Å².